The molecule has 0 fully saturated rings. The van der Waals surface area contributed by atoms with E-state index in [-0.39, 0.29) is 33.8 Å². The highest BCUT2D eigenvalue weighted by molar-refractivity contribution is 6.36. The summed E-state index contributed by atoms with van der Waals surface area (Å²) in [5.41, 5.74) is 0.661. The van der Waals surface area contributed by atoms with Crippen LogP contribution in [0.15, 0.2) is 42.5 Å². The third kappa shape index (κ3) is 3.77. The fourth-order valence-corrected chi connectivity index (χ4v) is 1.95. The fourth-order valence-electron chi connectivity index (χ4n) is 1.46. The van der Waals surface area contributed by atoms with Crippen molar-refractivity contribution in [3.05, 3.63) is 58.1 Å². The maximum Gasteiger partial charge on any atom is 0.259 e. The van der Waals surface area contributed by atoms with E-state index >= 15 is 0 Å². The summed E-state index contributed by atoms with van der Waals surface area (Å²) in [7, 11) is 0. The van der Waals surface area contributed by atoms with Gasteiger partial charge in [-0.3, -0.25) is 4.79 Å². The van der Waals surface area contributed by atoms with Crippen LogP contribution in [-0.2, 0) is 0 Å². The molecule has 0 heterocycles. The Balaban J connectivity index is 0.00000180. The van der Waals surface area contributed by atoms with E-state index in [1.807, 2.05) is 6.07 Å². The van der Waals surface area contributed by atoms with Crippen molar-refractivity contribution in [3.8, 4) is 5.75 Å². The quantitative estimate of drug-likeness (QED) is 0.863. The van der Waals surface area contributed by atoms with Crippen LogP contribution in [0.2, 0.25) is 10.0 Å². The van der Waals surface area contributed by atoms with Gasteiger partial charge >= 0.3 is 0 Å². The lowest BCUT2D eigenvalue weighted by Crippen LogP contribution is -2.12. The van der Waals surface area contributed by atoms with Gasteiger partial charge in [-0.05, 0) is 24.3 Å². The molecule has 0 aromatic heterocycles. The topological polar surface area (TPSA) is 49.3 Å². The number of phenolic OH excluding ortho intramolecular Hbond substituents is 1. The van der Waals surface area contributed by atoms with Gasteiger partial charge in [-0.25, -0.2) is 0 Å². The Morgan fingerprint density at radius 3 is 2.37 bits per heavy atom. The van der Waals surface area contributed by atoms with Crippen LogP contribution in [0.3, 0.4) is 0 Å². The van der Waals surface area contributed by atoms with E-state index in [0.29, 0.717) is 5.69 Å². The highest BCUT2D eigenvalue weighted by atomic mass is 35.5. The number of para-hydroxylation sites is 1. The van der Waals surface area contributed by atoms with Crippen molar-refractivity contribution in [2.24, 2.45) is 0 Å². The van der Waals surface area contributed by atoms with Crippen LogP contribution in [0.1, 0.15) is 10.4 Å². The number of carbonyl (C=O) groups excluding carboxylic acids is 1. The summed E-state index contributed by atoms with van der Waals surface area (Å²) in [6.45, 7) is 0. The summed E-state index contributed by atoms with van der Waals surface area (Å²) >= 11 is 11.5. The molecule has 0 atom stereocenters. The third-order valence-electron chi connectivity index (χ3n) is 2.30. The number of nitrogens with one attached hydrogen (secondary N) is 1. The number of hydrogen-bond acceptors (Lipinski definition) is 2. The van der Waals surface area contributed by atoms with E-state index in [1.165, 1.54) is 12.1 Å². The molecular weight excluding hydrogens is 309 g/mol. The van der Waals surface area contributed by atoms with E-state index < -0.39 is 5.91 Å². The molecule has 2 N–H and O–H groups in total. The van der Waals surface area contributed by atoms with Gasteiger partial charge in [0.1, 0.15) is 5.75 Å². The lowest BCUT2D eigenvalue weighted by atomic mass is 10.2. The number of phenols is 1. The molecule has 1 amide bonds. The molecule has 0 aliphatic heterocycles. The molecule has 2 aromatic rings. The first kappa shape index (κ1) is 15.6. The second-order valence-corrected chi connectivity index (χ2v) is 4.45. The largest absolute Gasteiger partial charge is 0.506 e. The minimum atomic E-state index is -0.469. The summed E-state index contributed by atoms with van der Waals surface area (Å²) < 4.78 is 0. The van der Waals surface area contributed by atoms with Gasteiger partial charge in [-0.15, -0.1) is 12.4 Å². The molecule has 0 aliphatic rings. The SMILES string of the molecule is Cl.O=C(Nc1ccccc1)c1cc(Cl)cc(Cl)c1O. The number of rotatable bonds is 2. The minimum Gasteiger partial charge on any atom is -0.506 e. The zero-order chi connectivity index (χ0) is 13.1. The first-order valence-corrected chi connectivity index (χ1v) is 5.88. The molecule has 0 radical (unpaired) electrons. The predicted octanol–water partition coefficient (Wildman–Crippen LogP) is 4.37. The lowest BCUT2D eigenvalue weighted by molar-refractivity contribution is 0.102. The van der Waals surface area contributed by atoms with Crippen LogP contribution in [0.4, 0.5) is 5.69 Å². The normalized spacial score (nSPS) is 9.58. The lowest BCUT2D eigenvalue weighted by Gasteiger charge is -2.08. The summed E-state index contributed by atoms with van der Waals surface area (Å²) in [5, 5.41) is 12.7. The molecule has 100 valence electrons. The number of hydrogen-bond donors (Lipinski definition) is 2. The van der Waals surface area contributed by atoms with E-state index in [9.17, 15) is 9.90 Å². The smallest absolute Gasteiger partial charge is 0.259 e. The van der Waals surface area contributed by atoms with E-state index in [4.69, 9.17) is 23.2 Å². The standard InChI is InChI=1S/C13H9Cl2NO2.ClH/c14-8-6-10(12(17)11(15)7-8)13(18)16-9-4-2-1-3-5-9;/h1-7,17H,(H,16,18);1H. The molecule has 0 unspecified atom stereocenters. The van der Waals surface area contributed by atoms with E-state index in [1.54, 1.807) is 24.3 Å². The number of benzene rings is 2. The Morgan fingerprint density at radius 2 is 1.74 bits per heavy atom. The zero-order valence-corrected chi connectivity index (χ0v) is 11.9. The number of amides is 1. The van der Waals surface area contributed by atoms with Crippen LogP contribution in [0.25, 0.3) is 0 Å². The number of aromatic hydroxyl groups is 1. The zero-order valence-electron chi connectivity index (χ0n) is 9.56. The van der Waals surface area contributed by atoms with E-state index in [2.05, 4.69) is 5.32 Å². The highest BCUT2D eigenvalue weighted by Crippen LogP contribution is 2.31. The van der Waals surface area contributed by atoms with Gasteiger partial charge in [0.25, 0.3) is 5.91 Å². The van der Waals surface area contributed by atoms with Crippen LogP contribution in [-0.4, -0.2) is 11.0 Å². The van der Waals surface area contributed by atoms with E-state index in [0.717, 1.165) is 0 Å². The van der Waals surface area contributed by atoms with Crippen LogP contribution in [0, 0.1) is 0 Å². The summed E-state index contributed by atoms with van der Waals surface area (Å²) in [5.74, 6) is -0.752. The number of carbonyl (C=O) groups is 1. The Bertz CT molecular complexity index is 588. The van der Waals surface area contributed by atoms with Crippen LogP contribution in [0.5, 0.6) is 5.75 Å². The predicted molar refractivity (Wildman–Crippen MR) is 79.8 cm³/mol. The van der Waals surface area contributed by atoms with Crippen molar-refractivity contribution in [2.75, 3.05) is 5.32 Å². The van der Waals surface area contributed by atoms with Crippen molar-refractivity contribution in [1.82, 2.24) is 0 Å². The number of anilines is 1. The van der Waals surface area contributed by atoms with Gasteiger partial charge in [-0.1, -0.05) is 41.4 Å². The third-order valence-corrected chi connectivity index (χ3v) is 2.81. The Kier molecular flexibility index (Phi) is 5.48. The molecule has 2 aromatic carbocycles. The maximum atomic E-state index is 12.0. The molecule has 2 rings (SSSR count). The van der Waals surface area contributed by atoms with Crippen molar-refractivity contribution in [2.45, 2.75) is 0 Å². The first-order chi connectivity index (χ1) is 8.58. The van der Waals surface area contributed by atoms with Crippen molar-refractivity contribution in [1.29, 1.82) is 0 Å². The molecule has 3 nitrogen and oxygen atoms in total. The van der Waals surface area contributed by atoms with Gasteiger partial charge < -0.3 is 10.4 Å². The second kappa shape index (κ2) is 6.66. The monoisotopic (exact) mass is 317 g/mol. The van der Waals surface area contributed by atoms with Gasteiger partial charge in [0.15, 0.2) is 0 Å². The van der Waals surface area contributed by atoms with Crippen molar-refractivity contribution in [3.63, 3.8) is 0 Å². The van der Waals surface area contributed by atoms with Gasteiger partial charge in [-0.2, -0.15) is 0 Å². The summed E-state index contributed by atoms with van der Waals surface area (Å²) in [4.78, 5) is 12.0. The average molecular weight is 319 g/mol. The van der Waals surface area contributed by atoms with Gasteiger partial charge in [0, 0.05) is 10.7 Å². The minimum absolute atomic E-state index is 0. The van der Waals surface area contributed by atoms with Gasteiger partial charge in [0.05, 0.1) is 10.6 Å². The van der Waals surface area contributed by atoms with Gasteiger partial charge in [0.2, 0.25) is 0 Å². The molecule has 6 heteroatoms. The molecule has 0 spiro atoms. The highest BCUT2D eigenvalue weighted by Gasteiger charge is 2.15. The Hall–Kier alpha value is -1.42. The Morgan fingerprint density at radius 1 is 1.11 bits per heavy atom. The summed E-state index contributed by atoms with van der Waals surface area (Å²) in [6.07, 6.45) is 0. The average Bonchev–Trinajstić information content (AvgIpc) is 2.35. The molecule has 0 aliphatic carbocycles. The molecule has 0 saturated heterocycles. The van der Waals surface area contributed by atoms with Crippen LogP contribution >= 0.6 is 35.6 Å². The first-order valence-electron chi connectivity index (χ1n) is 5.12. The summed E-state index contributed by atoms with van der Waals surface area (Å²) in [6, 6.07) is 11.6. The van der Waals surface area contributed by atoms with Crippen molar-refractivity contribution < 1.29 is 9.90 Å². The molecule has 0 saturated carbocycles. The molecule has 19 heavy (non-hydrogen) atoms. The Labute approximate surface area is 126 Å². The van der Waals surface area contributed by atoms with Crippen molar-refractivity contribution >= 4 is 47.2 Å². The second-order valence-electron chi connectivity index (χ2n) is 3.60. The van der Waals surface area contributed by atoms with Crippen LogP contribution < -0.4 is 5.32 Å². The number of halogens is 3. The molecular formula is C13H10Cl3NO2. The maximum absolute atomic E-state index is 12.0. The fraction of sp³-hybridized carbons (Fsp3) is 0. The molecule has 0 bridgehead atoms.